The molecule has 0 saturated carbocycles. The summed E-state index contributed by atoms with van der Waals surface area (Å²) >= 11 is 0. The number of benzene rings is 2. The number of rotatable bonds is 3. The average molecular weight is 303 g/mol. The number of nitrogen functional groups attached to an aromatic ring is 1. The monoisotopic (exact) mass is 303 g/mol. The molecule has 0 atom stereocenters. The van der Waals surface area contributed by atoms with E-state index in [2.05, 4.69) is 52.0 Å². The van der Waals surface area contributed by atoms with Gasteiger partial charge in [0.05, 0.1) is 0 Å². The van der Waals surface area contributed by atoms with Crippen molar-refractivity contribution in [1.29, 1.82) is 0 Å². The molecule has 0 fully saturated rings. The molecule has 0 bridgehead atoms. The Kier molecular flexibility index (Phi) is 4.10. The largest absolute Gasteiger partial charge is 0.368 e. The highest BCUT2D eigenvalue weighted by Gasteiger charge is 2.05. The minimum atomic E-state index is 0.159. The fraction of sp³-hybridized carbons (Fsp3) is 0.111. The molecule has 114 valence electrons. The second-order valence-corrected chi connectivity index (χ2v) is 5.36. The Labute approximate surface area is 135 Å². The van der Waals surface area contributed by atoms with Crippen LogP contribution < -0.4 is 5.73 Å². The molecule has 0 unspecified atom stereocenters. The lowest BCUT2D eigenvalue weighted by Crippen LogP contribution is -1.99. The minimum Gasteiger partial charge on any atom is -0.368 e. The number of anilines is 1. The molecule has 5 heteroatoms. The predicted octanol–water partition coefficient (Wildman–Crippen LogP) is 3.49. The molecule has 0 spiro atoms. The summed E-state index contributed by atoms with van der Waals surface area (Å²) in [5.41, 5.74) is 10.0. The fourth-order valence-electron chi connectivity index (χ4n) is 2.37. The normalized spacial score (nSPS) is 11.0. The van der Waals surface area contributed by atoms with E-state index in [9.17, 15) is 0 Å². The van der Waals surface area contributed by atoms with Crippen LogP contribution in [0.2, 0.25) is 0 Å². The molecule has 3 aromatic rings. The molecule has 0 amide bonds. The summed E-state index contributed by atoms with van der Waals surface area (Å²) in [7, 11) is 0. The highest BCUT2D eigenvalue weighted by molar-refractivity contribution is 5.82. The van der Waals surface area contributed by atoms with Crippen LogP contribution in [0.4, 0.5) is 11.9 Å². The lowest BCUT2D eigenvalue weighted by atomic mass is 10.1. The molecule has 3 rings (SSSR count). The van der Waals surface area contributed by atoms with Crippen LogP contribution in [0.5, 0.6) is 0 Å². The molecule has 0 aliphatic carbocycles. The Bertz CT molecular complexity index is 836. The summed E-state index contributed by atoms with van der Waals surface area (Å²) in [6.07, 6.45) is 1.74. The Morgan fingerprint density at radius 2 is 1.61 bits per heavy atom. The molecule has 0 radical (unpaired) electrons. The van der Waals surface area contributed by atoms with Gasteiger partial charge in [-0.1, -0.05) is 59.7 Å². The van der Waals surface area contributed by atoms with E-state index < -0.39 is 0 Å². The third kappa shape index (κ3) is 3.77. The first-order valence-electron chi connectivity index (χ1n) is 7.29. The van der Waals surface area contributed by atoms with Crippen LogP contribution in [-0.2, 0) is 0 Å². The van der Waals surface area contributed by atoms with E-state index in [1.807, 2.05) is 30.3 Å². The molecular weight excluding hydrogens is 286 g/mol. The number of hydrogen-bond acceptors (Lipinski definition) is 5. The van der Waals surface area contributed by atoms with Crippen molar-refractivity contribution in [2.24, 2.45) is 4.99 Å². The highest BCUT2D eigenvalue weighted by Crippen LogP contribution is 2.17. The second kappa shape index (κ2) is 6.36. The predicted molar refractivity (Wildman–Crippen MR) is 92.8 cm³/mol. The van der Waals surface area contributed by atoms with Crippen LogP contribution in [0.3, 0.4) is 0 Å². The van der Waals surface area contributed by atoms with Gasteiger partial charge in [-0.3, -0.25) is 0 Å². The molecule has 2 N–H and O–H groups in total. The summed E-state index contributed by atoms with van der Waals surface area (Å²) in [5.74, 6) is 0.979. The van der Waals surface area contributed by atoms with Gasteiger partial charge in [0, 0.05) is 11.8 Å². The van der Waals surface area contributed by atoms with Crippen LogP contribution in [0, 0.1) is 13.8 Å². The first-order chi connectivity index (χ1) is 11.1. The smallest absolute Gasteiger partial charge is 0.254 e. The van der Waals surface area contributed by atoms with E-state index in [1.165, 1.54) is 11.1 Å². The standard InChI is InChI=1S/C18H17N5/c1-12-8-13(2)10-14(9-12)11-20-18-22-16(21-17(19)23-18)15-6-4-3-5-7-15/h3-11H,1-2H3,(H2,19,21,22,23). The molecule has 0 aliphatic heterocycles. The maximum absolute atomic E-state index is 5.78. The van der Waals surface area contributed by atoms with E-state index in [1.54, 1.807) is 6.21 Å². The second-order valence-electron chi connectivity index (χ2n) is 5.36. The fourth-order valence-corrected chi connectivity index (χ4v) is 2.37. The van der Waals surface area contributed by atoms with Crippen molar-refractivity contribution in [3.05, 3.63) is 65.2 Å². The van der Waals surface area contributed by atoms with E-state index in [0.29, 0.717) is 11.8 Å². The van der Waals surface area contributed by atoms with Crippen molar-refractivity contribution in [3.8, 4) is 11.4 Å². The molecule has 1 heterocycles. The van der Waals surface area contributed by atoms with Crippen molar-refractivity contribution in [2.45, 2.75) is 13.8 Å². The molecular formula is C18H17N5. The number of nitrogens with zero attached hydrogens (tertiary/aromatic N) is 4. The zero-order valence-corrected chi connectivity index (χ0v) is 13.1. The molecule has 5 nitrogen and oxygen atoms in total. The van der Waals surface area contributed by atoms with Gasteiger partial charge in [-0.2, -0.15) is 15.0 Å². The van der Waals surface area contributed by atoms with Crippen molar-refractivity contribution in [2.75, 3.05) is 5.73 Å². The Balaban J connectivity index is 1.94. The lowest BCUT2D eigenvalue weighted by molar-refractivity contribution is 1.06. The summed E-state index contributed by atoms with van der Waals surface area (Å²) in [5, 5.41) is 0. The summed E-state index contributed by atoms with van der Waals surface area (Å²) < 4.78 is 0. The number of hydrogen-bond donors (Lipinski definition) is 1. The first-order valence-corrected chi connectivity index (χ1v) is 7.29. The maximum atomic E-state index is 5.78. The topological polar surface area (TPSA) is 77.0 Å². The van der Waals surface area contributed by atoms with Gasteiger partial charge < -0.3 is 5.73 Å². The zero-order valence-electron chi connectivity index (χ0n) is 13.1. The van der Waals surface area contributed by atoms with Gasteiger partial charge in [-0.15, -0.1) is 0 Å². The lowest BCUT2D eigenvalue weighted by Gasteiger charge is -2.02. The van der Waals surface area contributed by atoms with Crippen LogP contribution in [-0.4, -0.2) is 21.2 Å². The molecule has 0 saturated heterocycles. The van der Waals surface area contributed by atoms with Gasteiger partial charge in [0.15, 0.2) is 5.82 Å². The van der Waals surface area contributed by atoms with Crippen molar-refractivity contribution in [1.82, 2.24) is 15.0 Å². The maximum Gasteiger partial charge on any atom is 0.254 e. The molecule has 0 aliphatic rings. The van der Waals surface area contributed by atoms with Crippen molar-refractivity contribution < 1.29 is 0 Å². The van der Waals surface area contributed by atoms with Gasteiger partial charge in [-0.25, -0.2) is 4.99 Å². The highest BCUT2D eigenvalue weighted by atomic mass is 15.2. The van der Waals surface area contributed by atoms with E-state index in [-0.39, 0.29) is 5.95 Å². The van der Waals surface area contributed by atoms with E-state index >= 15 is 0 Å². The number of aliphatic imine (C=N–C) groups is 1. The quantitative estimate of drug-likeness (QED) is 0.751. The number of aryl methyl sites for hydroxylation is 2. The van der Waals surface area contributed by atoms with E-state index in [4.69, 9.17) is 5.73 Å². The van der Waals surface area contributed by atoms with Gasteiger partial charge in [0.25, 0.3) is 5.95 Å². The number of nitrogens with two attached hydrogens (primary N) is 1. The van der Waals surface area contributed by atoms with Crippen LogP contribution in [0.1, 0.15) is 16.7 Å². The average Bonchev–Trinajstić information content (AvgIpc) is 2.52. The Morgan fingerprint density at radius 1 is 0.913 bits per heavy atom. The van der Waals surface area contributed by atoms with Crippen molar-refractivity contribution in [3.63, 3.8) is 0 Å². The minimum absolute atomic E-state index is 0.159. The van der Waals surface area contributed by atoms with Crippen LogP contribution in [0.15, 0.2) is 53.5 Å². The Hall–Kier alpha value is -3.08. The van der Waals surface area contributed by atoms with Crippen molar-refractivity contribution >= 4 is 18.1 Å². The van der Waals surface area contributed by atoms with Gasteiger partial charge in [0.2, 0.25) is 5.95 Å². The Morgan fingerprint density at radius 3 is 2.30 bits per heavy atom. The van der Waals surface area contributed by atoms with Gasteiger partial charge in [-0.05, 0) is 19.4 Å². The van der Waals surface area contributed by atoms with E-state index in [0.717, 1.165) is 11.1 Å². The van der Waals surface area contributed by atoms with Crippen LogP contribution >= 0.6 is 0 Å². The molecule has 2 aromatic carbocycles. The SMILES string of the molecule is Cc1cc(C)cc(C=Nc2nc(N)nc(-c3ccccc3)n2)c1. The third-order valence-electron chi connectivity index (χ3n) is 3.25. The first kappa shape index (κ1) is 14.8. The van der Waals surface area contributed by atoms with Crippen LogP contribution in [0.25, 0.3) is 11.4 Å². The number of aromatic nitrogens is 3. The third-order valence-corrected chi connectivity index (χ3v) is 3.25. The summed E-state index contributed by atoms with van der Waals surface area (Å²) in [4.78, 5) is 16.9. The summed E-state index contributed by atoms with van der Waals surface area (Å²) in [6, 6.07) is 15.9. The zero-order chi connectivity index (χ0) is 16.2. The molecule has 23 heavy (non-hydrogen) atoms. The summed E-state index contributed by atoms with van der Waals surface area (Å²) in [6.45, 7) is 4.11. The van der Waals surface area contributed by atoms with Gasteiger partial charge in [0.1, 0.15) is 0 Å². The van der Waals surface area contributed by atoms with Gasteiger partial charge >= 0.3 is 0 Å². The molecule has 1 aromatic heterocycles.